The van der Waals surface area contributed by atoms with Crippen molar-refractivity contribution in [3.05, 3.63) is 90.1 Å². The van der Waals surface area contributed by atoms with E-state index in [1.165, 1.54) is 5.56 Å². The van der Waals surface area contributed by atoms with Gasteiger partial charge in [-0.1, -0.05) is 60.7 Å². The van der Waals surface area contributed by atoms with Gasteiger partial charge in [0.2, 0.25) is 0 Å². The Hall–Kier alpha value is -3.20. The molecule has 0 aliphatic rings. The van der Waals surface area contributed by atoms with Crippen LogP contribution in [0.1, 0.15) is 11.3 Å². The Kier molecular flexibility index (Phi) is 4.13. The van der Waals surface area contributed by atoms with Crippen molar-refractivity contribution in [2.75, 3.05) is 7.11 Å². The topological polar surface area (TPSA) is 35.0 Å². The monoisotopic (exact) mass is 326 g/mol. The van der Waals surface area contributed by atoms with Crippen LogP contribution in [0.2, 0.25) is 0 Å². The first-order valence-corrected chi connectivity index (χ1v) is 8.27. The van der Waals surface area contributed by atoms with E-state index in [2.05, 4.69) is 24.3 Å². The number of methoxy groups -OCH3 is 1. The molecule has 0 unspecified atom stereocenters. The minimum Gasteiger partial charge on any atom is -0.497 e. The van der Waals surface area contributed by atoms with Gasteiger partial charge in [-0.2, -0.15) is 0 Å². The van der Waals surface area contributed by atoms with Crippen molar-refractivity contribution in [3.8, 4) is 17.1 Å². The molecular formula is C22H18N2O. The Bertz CT molecular complexity index is 998. The van der Waals surface area contributed by atoms with Crippen LogP contribution in [-0.4, -0.2) is 17.1 Å². The largest absolute Gasteiger partial charge is 0.497 e. The third-order valence-electron chi connectivity index (χ3n) is 4.23. The molecule has 3 aromatic carbocycles. The highest BCUT2D eigenvalue weighted by atomic mass is 16.5. The van der Waals surface area contributed by atoms with Gasteiger partial charge < -0.3 is 4.74 Å². The molecule has 0 spiro atoms. The summed E-state index contributed by atoms with van der Waals surface area (Å²) in [6, 6.07) is 26.4. The highest BCUT2D eigenvalue weighted by molar-refractivity contribution is 5.84. The first kappa shape index (κ1) is 15.3. The van der Waals surface area contributed by atoms with Gasteiger partial charge in [-0.25, -0.2) is 9.97 Å². The second-order valence-electron chi connectivity index (χ2n) is 5.91. The lowest BCUT2D eigenvalue weighted by Crippen LogP contribution is -2.00. The van der Waals surface area contributed by atoms with Crippen LogP contribution >= 0.6 is 0 Å². The molecular weight excluding hydrogens is 308 g/mol. The molecule has 122 valence electrons. The predicted octanol–water partition coefficient (Wildman–Crippen LogP) is 4.90. The fourth-order valence-electron chi connectivity index (χ4n) is 2.94. The molecule has 0 N–H and O–H groups in total. The molecule has 1 heterocycles. The number of nitrogens with zero attached hydrogens (tertiary/aromatic N) is 2. The molecule has 25 heavy (non-hydrogen) atoms. The van der Waals surface area contributed by atoms with E-state index in [1.807, 2.05) is 54.6 Å². The van der Waals surface area contributed by atoms with Gasteiger partial charge >= 0.3 is 0 Å². The van der Waals surface area contributed by atoms with Gasteiger partial charge in [0.25, 0.3) is 0 Å². The maximum absolute atomic E-state index is 5.39. The Labute approximate surface area is 147 Å². The van der Waals surface area contributed by atoms with Gasteiger partial charge in [0.15, 0.2) is 5.82 Å². The van der Waals surface area contributed by atoms with E-state index >= 15 is 0 Å². The summed E-state index contributed by atoms with van der Waals surface area (Å²) in [4.78, 5) is 9.63. The average molecular weight is 326 g/mol. The van der Waals surface area contributed by atoms with Crippen molar-refractivity contribution in [1.82, 2.24) is 9.97 Å². The van der Waals surface area contributed by atoms with Gasteiger partial charge in [0.1, 0.15) is 5.75 Å². The van der Waals surface area contributed by atoms with E-state index in [-0.39, 0.29) is 0 Å². The van der Waals surface area contributed by atoms with E-state index in [0.29, 0.717) is 0 Å². The fourth-order valence-corrected chi connectivity index (χ4v) is 2.94. The van der Waals surface area contributed by atoms with Crippen LogP contribution in [0.3, 0.4) is 0 Å². The molecule has 0 saturated carbocycles. The average Bonchev–Trinajstić information content (AvgIpc) is 2.69. The first-order valence-electron chi connectivity index (χ1n) is 8.27. The van der Waals surface area contributed by atoms with Crippen LogP contribution in [0.15, 0.2) is 78.9 Å². The summed E-state index contributed by atoms with van der Waals surface area (Å²) in [6.45, 7) is 0. The summed E-state index contributed by atoms with van der Waals surface area (Å²) in [7, 11) is 1.68. The lowest BCUT2D eigenvalue weighted by Gasteiger charge is -2.10. The number of fused-ring (bicyclic) bond motifs is 1. The second kappa shape index (κ2) is 6.73. The van der Waals surface area contributed by atoms with E-state index < -0.39 is 0 Å². The Morgan fingerprint density at radius 3 is 2.24 bits per heavy atom. The minimum absolute atomic E-state index is 0.754. The lowest BCUT2D eigenvalue weighted by atomic mass is 10.0. The zero-order valence-corrected chi connectivity index (χ0v) is 14.0. The fraction of sp³-hybridized carbons (Fsp3) is 0.0909. The van der Waals surface area contributed by atoms with Crippen molar-refractivity contribution in [3.63, 3.8) is 0 Å². The number of aromatic nitrogens is 2. The Balaban J connectivity index is 1.89. The van der Waals surface area contributed by atoms with E-state index in [1.54, 1.807) is 7.11 Å². The number of hydrogen-bond donors (Lipinski definition) is 0. The highest BCUT2D eigenvalue weighted by Gasteiger charge is 2.11. The van der Waals surface area contributed by atoms with Gasteiger partial charge in [-0.05, 0) is 23.8 Å². The molecule has 0 aliphatic carbocycles. The molecule has 4 aromatic rings. The van der Waals surface area contributed by atoms with E-state index in [9.17, 15) is 0 Å². The molecule has 0 atom stereocenters. The van der Waals surface area contributed by atoms with Gasteiger partial charge in [0.05, 0.1) is 18.3 Å². The Morgan fingerprint density at radius 2 is 1.52 bits per heavy atom. The zero-order valence-electron chi connectivity index (χ0n) is 14.0. The smallest absolute Gasteiger partial charge is 0.160 e. The maximum Gasteiger partial charge on any atom is 0.160 e. The van der Waals surface area contributed by atoms with Crippen LogP contribution in [0.25, 0.3) is 22.3 Å². The number of ether oxygens (including phenoxy) is 1. The number of hydrogen-bond acceptors (Lipinski definition) is 3. The van der Waals surface area contributed by atoms with Crippen molar-refractivity contribution >= 4 is 10.9 Å². The summed E-state index contributed by atoms with van der Waals surface area (Å²) >= 11 is 0. The quantitative estimate of drug-likeness (QED) is 0.535. The summed E-state index contributed by atoms with van der Waals surface area (Å²) in [6.07, 6.45) is 0.757. The SMILES string of the molecule is COc1ccc2nc(-c3ccccc3)nc(Cc3ccccc3)c2c1. The van der Waals surface area contributed by atoms with Crippen molar-refractivity contribution < 1.29 is 4.74 Å². The second-order valence-corrected chi connectivity index (χ2v) is 5.91. The third-order valence-corrected chi connectivity index (χ3v) is 4.23. The molecule has 0 radical (unpaired) electrons. The van der Waals surface area contributed by atoms with E-state index in [0.717, 1.165) is 40.2 Å². The summed E-state index contributed by atoms with van der Waals surface area (Å²) in [5.74, 6) is 1.57. The van der Waals surface area contributed by atoms with Gasteiger partial charge in [0, 0.05) is 17.4 Å². The highest BCUT2D eigenvalue weighted by Crippen LogP contribution is 2.26. The zero-order chi connectivity index (χ0) is 17.1. The molecule has 3 nitrogen and oxygen atoms in total. The molecule has 0 amide bonds. The van der Waals surface area contributed by atoms with E-state index in [4.69, 9.17) is 14.7 Å². The van der Waals surface area contributed by atoms with Crippen molar-refractivity contribution in [2.45, 2.75) is 6.42 Å². The molecule has 4 rings (SSSR count). The molecule has 0 fully saturated rings. The maximum atomic E-state index is 5.39. The molecule has 0 bridgehead atoms. The summed E-state index contributed by atoms with van der Waals surface area (Å²) < 4.78 is 5.39. The summed E-state index contributed by atoms with van der Waals surface area (Å²) in [5.41, 5.74) is 4.19. The lowest BCUT2D eigenvalue weighted by molar-refractivity contribution is 0.415. The number of benzene rings is 3. The van der Waals surface area contributed by atoms with Crippen molar-refractivity contribution in [1.29, 1.82) is 0 Å². The van der Waals surface area contributed by atoms with Gasteiger partial charge in [-0.3, -0.25) is 0 Å². The van der Waals surface area contributed by atoms with Crippen LogP contribution in [0.5, 0.6) is 5.75 Å². The normalized spacial score (nSPS) is 10.8. The molecule has 0 aliphatic heterocycles. The summed E-state index contributed by atoms with van der Waals surface area (Å²) in [5, 5.41) is 1.03. The minimum atomic E-state index is 0.754. The number of rotatable bonds is 4. The van der Waals surface area contributed by atoms with Crippen LogP contribution < -0.4 is 4.74 Å². The standard InChI is InChI=1S/C22H18N2O/c1-25-18-12-13-20-19(15-18)21(14-16-8-4-2-5-9-16)24-22(23-20)17-10-6-3-7-11-17/h2-13,15H,14H2,1H3. The van der Waals surface area contributed by atoms with Crippen LogP contribution in [-0.2, 0) is 6.42 Å². The van der Waals surface area contributed by atoms with Crippen LogP contribution in [0, 0.1) is 0 Å². The van der Waals surface area contributed by atoms with Gasteiger partial charge in [-0.15, -0.1) is 0 Å². The molecule has 0 saturated heterocycles. The molecule has 3 heteroatoms. The Morgan fingerprint density at radius 1 is 0.800 bits per heavy atom. The van der Waals surface area contributed by atoms with Crippen LogP contribution in [0.4, 0.5) is 0 Å². The first-order chi connectivity index (χ1) is 12.3. The third kappa shape index (κ3) is 3.22. The van der Waals surface area contributed by atoms with Crippen molar-refractivity contribution in [2.24, 2.45) is 0 Å². The molecule has 1 aromatic heterocycles. The predicted molar refractivity (Wildman–Crippen MR) is 101 cm³/mol.